The number of rotatable bonds is 10. The van der Waals surface area contributed by atoms with Gasteiger partial charge in [0.15, 0.2) is 0 Å². The second-order valence-corrected chi connectivity index (χ2v) is 4.99. The van der Waals surface area contributed by atoms with Crippen LogP contribution in [0.25, 0.3) is 0 Å². The van der Waals surface area contributed by atoms with E-state index in [4.69, 9.17) is 10.5 Å². The van der Waals surface area contributed by atoms with Crippen LogP contribution in [-0.4, -0.2) is 30.0 Å². The van der Waals surface area contributed by atoms with E-state index >= 15 is 0 Å². The van der Waals surface area contributed by atoms with Crippen LogP contribution in [0, 0.1) is 0 Å². The second kappa shape index (κ2) is 10.5. The molecule has 0 saturated carbocycles. The SMILES string of the molecule is CCCCOC(=O)C(CC(C)=O)=C(C=CC(N)=O)CC(C)=O. The van der Waals surface area contributed by atoms with Crippen molar-refractivity contribution in [1.82, 2.24) is 0 Å². The van der Waals surface area contributed by atoms with Gasteiger partial charge in [0, 0.05) is 24.5 Å². The summed E-state index contributed by atoms with van der Waals surface area (Å²) in [4.78, 5) is 45.7. The largest absolute Gasteiger partial charge is 0.462 e. The molecule has 0 aromatic carbocycles. The molecule has 0 fully saturated rings. The normalized spacial score (nSPS) is 12.0. The molecule has 6 heteroatoms. The molecule has 1 amide bonds. The number of primary amides is 1. The highest BCUT2D eigenvalue weighted by Gasteiger charge is 2.18. The van der Waals surface area contributed by atoms with Gasteiger partial charge in [-0.05, 0) is 25.8 Å². The molecular weight excluding hydrogens is 286 g/mol. The molecule has 0 aromatic heterocycles. The maximum atomic E-state index is 12.1. The Kier molecular flexibility index (Phi) is 9.41. The Labute approximate surface area is 130 Å². The quantitative estimate of drug-likeness (QED) is 0.286. The third kappa shape index (κ3) is 8.84. The van der Waals surface area contributed by atoms with E-state index in [9.17, 15) is 19.2 Å². The van der Waals surface area contributed by atoms with Crippen LogP contribution in [0.15, 0.2) is 23.3 Å². The van der Waals surface area contributed by atoms with Crippen molar-refractivity contribution in [2.75, 3.05) is 6.61 Å². The Bertz CT molecular complexity index is 503. The van der Waals surface area contributed by atoms with Gasteiger partial charge in [0.25, 0.3) is 0 Å². The molecule has 0 rings (SSSR count). The zero-order valence-electron chi connectivity index (χ0n) is 13.3. The molecule has 0 spiro atoms. The fraction of sp³-hybridized carbons (Fsp3) is 0.500. The van der Waals surface area contributed by atoms with Crippen molar-refractivity contribution in [1.29, 1.82) is 0 Å². The molecule has 6 nitrogen and oxygen atoms in total. The van der Waals surface area contributed by atoms with Crippen molar-refractivity contribution < 1.29 is 23.9 Å². The zero-order valence-corrected chi connectivity index (χ0v) is 13.3. The summed E-state index contributed by atoms with van der Waals surface area (Å²) in [5, 5.41) is 0. The maximum absolute atomic E-state index is 12.1. The van der Waals surface area contributed by atoms with Gasteiger partial charge in [0.2, 0.25) is 5.91 Å². The molecule has 0 aliphatic heterocycles. The Morgan fingerprint density at radius 3 is 2.05 bits per heavy atom. The molecule has 2 N–H and O–H groups in total. The lowest BCUT2D eigenvalue weighted by Gasteiger charge is -2.11. The van der Waals surface area contributed by atoms with E-state index in [-0.39, 0.29) is 42.2 Å². The summed E-state index contributed by atoms with van der Waals surface area (Å²) in [5.74, 6) is -1.79. The summed E-state index contributed by atoms with van der Waals surface area (Å²) in [7, 11) is 0. The highest BCUT2D eigenvalue weighted by molar-refractivity contribution is 5.98. The van der Waals surface area contributed by atoms with Crippen LogP contribution in [0.5, 0.6) is 0 Å². The average molecular weight is 309 g/mol. The zero-order chi connectivity index (χ0) is 17.1. The van der Waals surface area contributed by atoms with Gasteiger partial charge in [-0.15, -0.1) is 0 Å². The van der Waals surface area contributed by atoms with Crippen molar-refractivity contribution in [3.8, 4) is 0 Å². The molecule has 0 aromatic rings. The molecule has 0 heterocycles. The minimum atomic E-state index is -0.706. The van der Waals surface area contributed by atoms with Gasteiger partial charge in [-0.1, -0.05) is 19.4 Å². The lowest BCUT2D eigenvalue weighted by molar-refractivity contribution is -0.140. The Hall–Kier alpha value is -2.24. The van der Waals surface area contributed by atoms with Gasteiger partial charge in [0.1, 0.15) is 11.6 Å². The first-order chi connectivity index (χ1) is 10.3. The lowest BCUT2D eigenvalue weighted by atomic mass is 9.98. The third-order valence-electron chi connectivity index (χ3n) is 2.68. The number of carbonyl (C=O) groups excluding carboxylic acids is 4. The Balaban J connectivity index is 5.54. The van der Waals surface area contributed by atoms with E-state index < -0.39 is 11.9 Å². The highest BCUT2D eigenvalue weighted by Crippen LogP contribution is 2.17. The molecule has 0 radical (unpaired) electrons. The fourth-order valence-electron chi connectivity index (χ4n) is 1.68. The van der Waals surface area contributed by atoms with Crippen molar-refractivity contribution >= 4 is 23.4 Å². The molecule has 0 saturated heterocycles. The summed E-state index contributed by atoms with van der Waals surface area (Å²) in [6.07, 6.45) is 3.69. The predicted molar refractivity (Wildman–Crippen MR) is 81.8 cm³/mol. The number of esters is 1. The van der Waals surface area contributed by atoms with Gasteiger partial charge < -0.3 is 10.5 Å². The van der Waals surface area contributed by atoms with Crippen LogP contribution < -0.4 is 5.73 Å². The van der Waals surface area contributed by atoms with E-state index in [1.54, 1.807) is 0 Å². The van der Waals surface area contributed by atoms with E-state index in [1.807, 2.05) is 6.92 Å². The molecule has 0 aliphatic rings. The predicted octanol–water partition coefficient (Wildman–Crippen LogP) is 1.63. The molecule has 122 valence electrons. The summed E-state index contributed by atoms with van der Waals surface area (Å²) < 4.78 is 5.10. The van der Waals surface area contributed by atoms with E-state index in [2.05, 4.69) is 0 Å². The number of nitrogens with two attached hydrogens (primary N) is 1. The minimum Gasteiger partial charge on any atom is -0.462 e. The first-order valence-corrected chi connectivity index (χ1v) is 7.13. The molecule has 0 atom stereocenters. The molecule has 0 aliphatic carbocycles. The lowest BCUT2D eigenvalue weighted by Crippen LogP contribution is -2.15. The van der Waals surface area contributed by atoms with Crippen LogP contribution in [-0.2, 0) is 23.9 Å². The van der Waals surface area contributed by atoms with Crippen molar-refractivity contribution in [2.24, 2.45) is 5.73 Å². The number of allylic oxidation sites excluding steroid dienone is 2. The standard InChI is InChI=1S/C16H23NO5/c1-4-5-8-22-16(21)14(10-12(3)19)13(9-11(2)18)6-7-15(17)20/h6-7H,4-5,8-10H2,1-3H3,(H2,17,20). The minimum absolute atomic E-state index is 0.0741. The van der Waals surface area contributed by atoms with Gasteiger partial charge >= 0.3 is 5.97 Å². The van der Waals surface area contributed by atoms with Crippen molar-refractivity contribution in [3.63, 3.8) is 0 Å². The first-order valence-electron chi connectivity index (χ1n) is 7.13. The van der Waals surface area contributed by atoms with Gasteiger partial charge in [-0.2, -0.15) is 0 Å². The fourth-order valence-corrected chi connectivity index (χ4v) is 1.68. The third-order valence-corrected chi connectivity index (χ3v) is 2.68. The molecule has 22 heavy (non-hydrogen) atoms. The summed E-state index contributed by atoms with van der Waals surface area (Å²) in [6.45, 7) is 4.88. The average Bonchev–Trinajstić information content (AvgIpc) is 2.40. The summed E-state index contributed by atoms with van der Waals surface area (Å²) in [5.41, 5.74) is 5.41. The number of unbranched alkanes of at least 4 members (excludes halogenated alkanes) is 1. The van der Waals surface area contributed by atoms with Crippen LogP contribution >= 0.6 is 0 Å². The van der Waals surface area contributed by atoms with Crippen LogP contribution in [0.2, 0.25) is 0 Å². The van der Waals surface area contributed by atoms with Gasteiger partial charge in [0.05, 0.1) is 6.61 Å². The van der Waals surface area contributed by atoms with Crippen molar-refractivity contribution in [2.45, 2.75) is 46.5 Å². The summed E-state index contributed by atoms with van der Waals surface area (Å²) in [6, 6.07) is 0. The number of ether oxygens (including phenoxy) is 1. The Morgan fingerprint density at radius 1 is 1.00 bits per heavy atom. The molecular formula is C16H23NO5. The first kappa shape index (κ1) is 19.8. The maximum Gasteiger partial charge on any atom is 0.334 e. The number of ketones is 2. The number of carbonyl (C=O) groups is 4. The number of hydrogen-bond acceptors (Lipinski definition) is 5. The summed E-state index contributed by atoms with van der Waals surface area (Å²) >= 11 is 0. The Morgan fingerprint density at radius 2 is 1.59 bits per heavy atom. The van der Waals surface area contributed by atoms with E-state index in [0.29, 0.717) is 6.42 Å². The molecule has 0 bridgehead atoms. The van der Waals surface area contributed by atoms with Crippen LogP contribution in [0.1, 0.15) is 46.5 Å². The number of hydrogen-bond donors (Lipinski definition) is 1. The highest BCUT2D eigenvalue weighted by atomic mass is 16.5. The van der Waals surface area contributed by atoms with E-state index in [0.717, 1.165) is 12.5 Å². The monoisotopic (exact) mass is 309 g/mol. The van der Waals surface area contributed by atoms with Crippen molar-refractivity contribution in [3.05, 3.63) is 23.3 Å². The number of amides is 1. The van der Waals surface area contributed by atoms with Crippen LogP contribution in [0.3, 0.4) is 0 Å². The van der Waals surface area contributed by atoms with Gasteiger partial charge in [-0.25, -0.2) is 4.79 Å². The second-order valence-electron chi connectivity index (χ2n) is 4.99. The van der Waals surface area contributed by atoms with Crippen LogP contribution in [0.4, 0.5) is 0 Å². The molecule has 0 unspecified atom stereocenters. The van der Waals surface area contributed by atoms with E-state index in [1.165, 1.54) is 19.9 Å². The smallest absolute Gasteiger partial charge is 0.334 e. The van der Waals surface area contributed by atoms with Gasteiger partial charge in [-0.3, -0.25) is 14.4 Å². The topological polar surface area (TPSA) is 104 Å². The number of Topliss-reactive ketones (excluding diaryl/α,β-unsaturated/α-hetero) is 2.